The molecule has 17 heavy (non-hydrogen) atoms. The Hall–Kier alpha value is -1.10. The van der Waals surface area contributed by atoms with Crippen LogP contribution in [0.1, 0.15) is 16.8 Å². The standard InChI is InChI=1S/C12H13F2NOS/c13-10-6-9(8-16)7-11(14)12(10)15-2-1-4-17-5-3-15/h6-8H,1-5H2. The van der Waals surface area contributed by atoms with Gasteiger partial charge in [-0.15, -0.1) is 0 Å². The summed E-state index contributed by atoms with van der Waals surface area (Å²) in [6, 6.07) is 2.17. The van der Waals surface area contributed by atoms with E-state index in [0.717, 1.165) is 30.1 Å². The molecule has 0 aromatic heterocycles. The number of carbonyl (C=O) groups is 1. The van der Waals surface area contributed by atoms with E-state index in [2.05, 4.69) is 0 Å². The predicted octanol–water partition coefficient (Wildman–Crippen LogP) is 2.72. The third-order valence-corrected chi connectivity index (χ3v) is 3.76. The summed E-state index contributed by atoms with van der Waals surface area (Å²) in [5, 5.41) is 0. The van der Waals surface area contributed by atoms with Gasteiger partial charge in [0.1, 0.15) is 23.6 Å². The van der Waals surface area contributed by atoms with Crippen LogP contribution < -0.4 is 4.90 Å². The molecule has 1 fully saturated rings. The van der Waals surface area contributed by atoms with Crippen molar-refractivity contribution >= 4 is 23.7 Å². The van der Waals surface area contributed by atoms with Gasteiger partial charge in [-0.2, -0.15) is 11.8 Å². The van der Waals surface area contributed by atoms with E-state index in [4.69, 9.17) is 0 Å². The maximum Gasteiger partial charge on any atom is 0.150 e. The zero-order valence-electron chi connectivity index (χ0n) is 9.29. The highest BCUT2D eigenvalue weighted by Crippen LogP contribution is 2.26. The fraction of sp³-hybridized carbons (Fsp3) is 0.417. The number of benzene rings is 1. The molecule has 0 aliphatic carbocycles. The van der Waals surface area contributed by atoms with Gasteiger partial charge < -0.3 is 4.90 Å². The fourth-order valence-electron chi connectivity index (χ4n) is 1.92. The number of hydrogen-bond donors (Lipinski definition) is 0. The van der Waals surface area contributed by atoms with Gasteiger partial charge in [0.2, 0.25) is 0 Å². The number of nitrogens with zero attached hydrogens (tertiary/aromatic N) is 1. The Morgan fingerprint density at radius 2 is 1.88 bits per heavy atom. The predicted molar refractivity (Wildman–Crippen MR) is 65.9 cm³/mol. The molecule has 0 spiro atoms. The number of rotatable bonds is 2. The van der Waals surface area contributed by atoms with Crippen molar-refractivity contribution in [2.75, 3.05) is 29.5 Å². The third kappa shape index (κ3) is 2.77. The van der Waals surface area contributed by atoms with Crippen LogP contribution in [-0.2, 0) is 0 Å². The first kappa shape index (κ1) is 12.4. The number of carbonyl (C=O) groups excluding carboxylic acids is 1. The van der Waals surface area contributed by atoms with E-state index in [1.165, 1.54) is 0 Å². The Morgan fingerprint density at radius 1 is 1.18 bits per heavy atom. The largest absolute Gasteiger partial charge is 0.366 e. The lowest BCUT2D eigenvalue weighted by molar-refractivity contribution is 0.112. The fourth-order valence-corrected chi connectivity index (χ4v) is 2.81. The molecule has 0 bridgehead atoms. The second-order valence-electron chi connectivity index (χ2n) is 3.90. The lowest BCUT2D eigenvalue weighted by Crippen LogP contribution is -2.27. The highest BCUT2D eigenvalue weighted by atomic mass is 32.2. The number of aldehydes is 1. The highest BCUT2D eigenvalue weighted by molar-refractivity contribution is 7.99. The third-order valence-electron chi connectivity index (χ3n) is 2.71. The molecule has 0 N–H and O–H groups in total. The van der Waals surface area contributed by atoms with Crippen molar-refractivity contribution in [2.45, 2.75) is 6.42 Å². The lowest BCUT2D eigenvalue weighted by Gasteiger charge is -2.23. The first-order chi connectivity index (χ1) is 8.22. The van der Waals surface area contributed by atoms with E-state index in [9.17, 15) is 13.6 Å². The lowest BCUT2D eigenvalue weighted by atomic mass is 10.2. The molecule has 0 saturated carbocycles. The van der Waals surface area contributed by atoms with Gasteiger partial charge in [0.05, 0.1) is 0 Å². The van der Waals surface area contributed by atoms with Crippen LogP contribution in [0.25, 0.3) is 0 Å². The smallest absolute Gasteiger partial charge is 0.150 e. The zero-order valence-corrected chi connectivity index (χ0v) is 10.1. The Bertz CT molecular complexity index is 394. The molecule has 1 aliphatic rings. The van der Waals surface area contributed by atoms with E-state index in [-0.39, 0.29) is 11.3 Å². The van der Waals surface area contributed by atoms with Gasteiger partial charge in [0, 0.05) is 24.4 Å². The maximum absolute atomic E-state index is 13.8. The van der Waals surface area contributed by atoms with E-state index < -0.39 is 11.6 Å². The quantitative estimate of drug-likeness (QED) is 0.760. The van der Waals surface area contributed by atoms with Crippen molar-refractivity contribution in [1.29, 1.82) is 0 Å². The summed E-state index contributed by atoms with van der Waals surface area (Å²) in [4.78, 5) is 12.2. The van der Waals surface area contributed by atoms with E-state index in [1.807, 2.05) is 0 Å². The first-order valence-corrected chi connectivity index (χ1v) is 6.65. The van der Waals surface area contributed by atoms with Gasteiger partial charge in [-0.25, -0.2) is 8.78 Å². The van der Waals surface area contributed by atoms with Crippen LogP contribution in [0.4, 0.5) is 14.5 Å². The summed E-state index contributed by atoms with van der Waals surface area (Å²) in [6.07, 6.45) is 1.37. The molecule has 1 heterocycles. The minimum Gasteiger partial charge on any atom is -0.366 e. The van der Waals surface area contributed by atoms with Gasteiger partial charge in [-0.1, -0.05) is 0 Å². The summed E-state index contributed by atoms with van der Waals surface area (Å²) >= 11 is 1.79. The van der Waals surface area contributed by atoms with Crippen LogP contribution in [0.15, 0.2) is 12.1 Å². The maximum atomic E-state index is 13.8. The van der Waals surface area contributed by atoms with E-state index in [1.54, 1.807) is 16.7 Å². The van der Waals surface area contributed by atoms with Gasteiger partial charge in [-0.05, 0) is 24.3 Å². The monoisotopic (exact) mass is 257 g/mol. The molecule has 5 heteroatoms. The van der Waals surface area contributed by atoms with Crippen LogP contribution in [0.3, 0.4) is 0 Å². The first-order valence-electron chi connectivity index (χ1n) is 5.49. The molecule has 1 aromatic carbocycles. The molecule has 92 valence electrons. The Balaban J connectivity index is 2.33. The molecular formula is C12H13F2NOS. The van der Waals surface area contributed by atoms with Gasteiger partial charge in [0.25, 0.3) is 0 Å². The normalized spacial score (nSPS) is 16.7. The Morgan fingerprint density at radius 3 is 2.53 bits per heavy atom. The molecule has 1 aromatic rings. The van der Waals surface area contributed by atoms with Crippen molar-refractivity contribution in [3.63, 3.8) is 0 Å². The average Bonchev–Trinajstić information content (AvgIpc) is 2.57. The second-order valence-corrected chi connectivity index (χ2v) is 5.13. The minimum atomic E-state index is -0.654. The molecule has 0 amide bonds. The summed E-state index contributed by atoms with van der Waals surface area (Å²) in [7, 11) is 0. The van der Waals surface area contributed by atoms with Crippen LogP contribution in [0.5, 0.6) is 0 Å². The number of hydrogen-bond acceptors (Lipinski definition) is 3. The molecule has 2 rings (SSSR count). The molecule has 0 unspecified atom stereocenters. The minimum absolute atomic E-state index is 0.00176. The molecule has 2 nitrogen and oxygen atoms in total. The SMILES string of the molecule is O=Cc1cc(F)c(N2CCCSCC2)c(F)c1. The van der Waals surface area contributed by atoms with Crippen LogP contribution in [-0.4, -0.2) is 30.9 Å². The number of halogens is 2. The van der Waals surface area contributed by atoms with Crippen LogP contribution in [0.2, 0.25) is 0 Å². The van der Waals surface area contributed by atoms with Crippen molar-refractivity contribution < 1.29 is 13.6 Å². The van der Waals surface area contributed by atoms with E-state index >= 15 is 0 Å². The summed E-state index contributed by atoms with van der Waals surface area (Å²) < 4.78 is 27.5. The van der Waals surface area contributed by atoms with Crippen molar-refractivity contribution in [2.24, 2.45) is 0 Å². The molecule has 0 radical (unpaired) electrons. The molecular weight excluding hydrogens is 244 g/mol. The van der Waals surface area contributed by atoms with Crippen molar-refractivity contribution in [1.82, 2.24) is 0 Å². The molecule has 0 atom stereocenters. The van der Waals surface area contributed by atoms with Crippen molar-refractivity contribution in [3.05, 3.63) is 29.3 Å². The van der Waals surface area contributed by atoms with E-state index in [0.29, 0.717) is 19.4 Å². The zero-order chi connectivity index (χ0) is 12.3. The molecule has 1 aliphatic heterocycles. The summed E-state index contributed by atoms with van der Waals surface area (Å²) in [6.45, 7) is 1.29. The van der Waals surface area contributed by atoms with Crippen LogP contribution >= 0.6 is 11.8 Å². The molecule has 1 saturated heterocycles. The second kappa shape index (κ2) is 5.49. The van der Waals surface area contributed by atoms with Gasteiger partial charge in [0.15, 0.2) is 0 Å². The van der Waals surface area contributed by atoms with Gasteiger partial charge in [-0.3, -0.25) is 4.79 Å². The average molecular weight is 257 g/mol. The van der Waals surface area contributed by atoms with Gasteiger partial charge >= 0.3 is 0 Å². The highest BCUT2D eigenvalue weighted by Gasteiger charge is 2.19. The van der Waals surface area contributed by atoms with Crippen LogP contribution in [0, 0.1) is 11.6 Å². The number of anilines is 1. The van der Waals surface area contributed by atoms with Crippen molar-refractivity contribution in [3.8, 4) is 0 Å². The summed E-state index contributed by atoms with van der Waals surface area (Å²) in [5.74, 6) is 0.582. The Labute approximate surface area is 103 Å². The number of thioether (sulfide) groups is 1. The summed E-state index contributed by atoms with van der Waals surface area (Å²) in [5.41, 5.74) is 0.0334. The topological polar surface area (TPSA) is 20.3 Å². The Kier molecular flexibility index (Phi) is 3.99.